The van der Waals surface area contributed by atoms with Crippen molar-refractivity contribution in [3.05, 3.63) is 47.0 Å². The summed E-state index contributed by atoms with van der Waals surface area (Å²) < 4.78 is 1.84. The molecule has 1 heterocycles. The number of aryl methyl sites for hydroxylation is 1. The molecule has 2 rings (SSSR count). The zero-order valence-electron chi connectivity index (χ0n) is 11.0. The Balaban J connectivity index is 1.99. The van der Waals surface area contributed by atoms with Crippen LogP contribution in [0.3, 0.4) is 0 Å². The Morgan fingerprint density at radius 2 is 2.11 bits per heavy atom. The van der Waals surface area contributed by atoms with Gasteiger partial charge in [0.15, 0.2) is 0 Å². The second kappa shape index (κ2) is 6.68. The lowest BCUT2D eigenvalue weighted by atomic mass is 10.1. The van der Waals surface area contributed by atoms with Crippen molar-refractivity contribution in [1.82, 2.24) is 14.8 Å². The molecule has 0 aliphatic carbocycles. The number of halogens is 1. The molecule has 0 aliphatic heterocycles. The summed E-state index contributed by atoms with van der Waals surface area (Å²) in [7, 11) is 0. The van der Waals surface area contributed by atoms with Crippen molar-refractivity contribution < 1.29 is 5.11 Å². The first kappa shape index (κ1) is 14.0. The second-order valence-electron chi connectivity index (χ2n) is 4.55. The van der Waals surface area contributed by atoms with E-state index in [0.717, 1.165) is 24.4 Å². The zero-order valence-corrected chi connectivity index (χ0v) is 11.7. The van der Waals surface area contributed by atoms with Gasteiger partial charge in [-0.15, -0.1) is 0 Å². The summed E-state index contributed by atoms with van der Waals surface area (Å²) in [6, 6.07) is 7.58. The highest BCUT2D eigenvalue weighted by molar-refractivity contribution is 6.31. The third kappa shape index (κ3) is 3.78. The van der Waals surface area contributed by atoms with E-state index in [1.165, 1.54) is 6.33 Å². The Bertz CT molecular complexity index is 527. The van der Waals surface area contributed by atoms with Crippen molar-refractivity contribution in [3.63, 3.8) is 0 Å². The van der Waals surface area contributed by atoms with E-state index in [1.807, 2.05) is 28.9 Å². The van der Waals surface area contributed by atoms with Crippen LogP contribution in [0.5, 0.6) is 0 Å². The van der Waals surface area contributed by atoms with Gasteiger partial charge in [0, 0.05) is 24.4 Å². The first-order chi connectivity index (χ1) is 9.20. The number of aliphatic hydroxyl groups excluding tert-OH is 1. The van der Waals surface area contributed by atoms with Crippen LogP contribution >= 0.6 is 11.6 Å². The van der Waals surface area contributed by atoms with Crippen molar-refractivity contribution in [2.45, 2.75) is 38.8 Å². The van der Waals surface area contributed by atoms with Gasteiger partial charge in [-0.25, -0.2) is 4.98 Å². The van der Waals surface area contributed by atoms with Gasteiger partial charge < -0.3 is 5.11 Å². The van der Waals surface area contributed by atoms with Gasteiger partial charge in [0.2, 0.25) is 0 Å². The predicted octanol–water partition coefficient (Wildman–Crippen LogP) is 2.49. The van der Waals surface area contributed by atoms with Gasteiger partial charge >= 0.3 is 0 Å². The molecule has 0 saturated carbocycles. The second-order valence-corrected chi connectivity index (χ2v) is 4.96. The summed E-state index contributed by atoms with van der Waals surface area (Å²) in [6.45, 7) is 2.92. The number of aromatic nitrogens is 3. The van der Waals surface area contributed by atoms with E-state index < -0.39 is 6.10 Å². The van der Waals surface area contributed by atoms with E-state index >= 15 is 0 Å². The van der Waals surface area contributed by atoms with E-state index in [1.54, 1.807) is 0 Å². The molecule has 1 aromatic heterocycles. The zero-order chi connectivity index (χ0) is 13.7. The number of aliphatic hydroxyl groups is 1. The van der Waals surface area contributed by atoms with E-state index in [2.05, 4.69) is 17.0 Å². The number of benzene rings is 1. The van der Waals surface area contributed by atoms with Crippen LogP contribution < -0.4 is 0 Å². The van der Waals surface area contributed by atoms with E-state index in [0.29, 0.717) is 17.9 Å². The van der Waals surface area contributed by atoms with E-state index in [-0.39, 0.29) is 0 Å². The lowest BCUT2D eigenvalue weighted by Crippen LogP contribution is -2.18. The molecule has 1 aromatic carbocycles. The van der Waals surface area contributed by atoms with Crippen LogP contribution in [-0.2, 0) is 19.4 Å². The third-order valence-electron chi connectivity index (χ3n) is 2.96. The number of hydrogen-bond acceptors (Lipinski definition) is 3. The van der Waals surface area contributed by atoms with E-state index in [4.69, 9.17) is 11.6 Å². The molecule has 0 fully saturated rings. The van der Waals surface area contributed by atoms with Crippen molar-refractivity contribution in [1.29, 1.82) is 0 Å². The minimum absolute atomic E-state index is 0.491. The molecule has 0 spiro atoms. The van der Waals surface area contributed by atoms with Crippen LogP contribution in [0.2, 0.25) is 5.02 Å². The van der Waals surface area contributed by atoms with Crippen LogP contribution in [0, 0.1) is 0 Å². The minimum Gasteiger partial charge on any atom is -0.392 e. The monoisotopic (exact) mass is 279 g/mol. The molecule has 0 bridgehead atoms. The summed E-state index contributed by atoms with van der Waals surface area (Å²) in [5.74, 6) is 0.821. The molecule has 0 radical (unpaired) electrons. The Hall–Kier alpha value is -1.39. The number of rotatable bonds is 6. The Labute approximate surface area is 118 Å². The molecule has 1 N–H and O–H groups in total. The van der Waals surface area contributed by atoms with Gasteiger partial charge in [-0.2, -0.15) is 5.10 Å². The van der Waals surface area contributed by atoms with Gasteiger partial charge in [-0.05, 0) is 18.1 Å². The summed E-state index contributed by atoms with van der Waals surface area (Å²) in [6.07, 6.45) is 3.05. The highest BCUT2D eigenvalue weighted by Gasteiger charge is 2.13. The van der Waals surface area contributed by atoms with Crippen LogP contribution in [0.25, 0.3) is 0 Å². The maximum absolute atomic E-state index is 10.2. The molecule has 102 valence electrons. The standard InChI is InChI=1S/C14H18ClN3O/c1-2-7-18-14(16-10-17-18)9-12(19)8-11-5-3-4-6-13(11)15/h3-6,10,12,19H,2,7-9H2,1H3. The lowest BCUT2D eigenvalue weighted by molar-refractivity contribution is 0.171. The average molecular weight is 280 g/mol. The molecule has 5 heteroatoms. The fourth-order valence-electron chi connectivity index (χ4n) is 2.05. The summed E-state index contributed by atoms with van der Waals surface area (Å²) in [4.78, 5) is 4.20. The molecule has 0 saturated heterocycles. The summed E-state index contributed by atoms with van der Waals surface area (Å²) in [5, 5.41) is 15.0. The molecule has 0 amide bonds. The molecule has 2 aromatic rings. The Morgan fingerprint density at radius 3 is 2.84 bits per heavy atom. The largest absolute Gasteiger partial charge is 0.392 e. The maximum atomic E-state index is 10.2. The van der Waals surface area contributed by atoms with Gasteiger partial charge in [-0.3, -0.25) is 4.68 Å². The summed E-state index contributed by atoms with van der Waals surface area (Å²) in [5.41, 5.74) is 0.957. The quantitative estimate of drug-likeness (QED) is 0.884. The Morgan fingerprint density at radius 1 is 1.32 bits per heavy atom. The molecule has 19 heavy (non-hydrogen) atoms. The number of nitrogens with zero attached hydrogens (tertiary/aromatic N) is 3. The normalized spacial score (nSPS) is 12.6. The third-order valence-corrected chi connectivity index (χ3v) is 3.33. The fraction of sp³-hybridized carbons (Fsp3) is 0.429. The van der Waals surface area contributed by atoms with Crippen molar-refractivity contribution in [3.8, 4) is 0 Å². The van der Waals surface area contributed by atoms with E-state index in [9.17, 15) is 5.11 Å². The smallest absolute Gasteiger partial charge is 0.138 e. The Kier molecular flexibility index (Phi) is 4.93. The average Bonchev–Trinajstić information content (AvgIpc) is 2.80. The summed E-state index contributed by atoms with van der Waals surface area (Å²) >= 11 is 6.09. The number of hydrogen-bond donors (Lipinski definition) is 1. The lowest BCUT2D eigenvalue weighted by Gasteiger charge is -2.12. The molecular weight excluding hydrogens is 262 g/mol. The fourth-order valence-corrected chi connectivity index (χ4v) is 2.26. The van der Waals surface area contributed by atoms with Crippen molar-refractivity contribution >= 4 is 11.6 Å². The first-order valence-electron chi connectivity index (χ1n) is 6.49. The van der Waals surface area contributed by atoms with Crippen molar-refractivity contribution in [2.75, 3.05) is 0 Å². The van der Waals surface area contributed by atoms with Crippen molar-refractivity contribution in [2.24, 2.45) is 0 Å². The van der Waals surface area contributed by atoms with Crippen LogP contribution in [-0.4, -0.2) is 26.0 Å². The minimum atomic E-state index is -0.500. The molecule has 1 atom stereocenters. The van der Waals surface area contributed by atoms with Crippen LogP contribution in [0.4, 0.5) is 0 Å². The van der Waals surface area contributed by atoms with Crippen LogP contribution in [0.15, 0.2) is 30.6 Å². The molecule has 4 nitrogen and oxygen atoms in total. The van der Waals surface area contributed by atoms with Gasteiger partial charge in [0.25, 0.3) is 0 Å². The van der Waals surface area contributed by atoms with Gasteiger partial charge in [0.05, 0.1) is 6.10 Å². The highest BCUT2D eigenvalue weighted by atomic mass is 35.5. The highest BCUT2D eigenvalue weighted by Crippen LogP contribution is 2.17. The first-order valence-corrected chi connectivity index (χ1v) is 6.86. The topological polar surface area (TPSA) is 50.9 Å². The maximum Gasteiger partial charge on any atom is 0.138 e. The molecule has 1 unspecified atom stereocenters. The predicted molar refractivity (Wildman–Crippen MR) is 75.2 cm³/mol. The van der Waals surface area contributed by atoms with Crippen LogP contribution in [0.1, 0.15) is 24.7 Å². The molecule has 0 aliphatic rings. The SMILES string of the molecule is CCCn1ncnc1CC(O)Cc1ccccc1Cl. The van der Waals surface area contributed by atoms with Gasteiger partial charge in [-0.1, -0.05) is 36.7 Å². The van der Waals surface area contributed by atoms with Gasteiger partial charge in [0.1, 0.15) is 12.2 Å². The molecular formula is C14H18ClN3O.